The number of anilines is 2. The topological polar surface area (TPSA) is 111 Å². The van der Waals surface area contributed by atoms with Crippen LogP contribution in [0.2, 0.25) is 0 Å². The highest BCUT2D eigenvalue weighted by Gasteiger charge is 2.58. The van der Waals surface area contributed by atoms with Crippen LogP contribution in [0, 0.1) is 5.92 Å². The van der Waals surface area contributed by atoms with Gasteiger partial charge in [0.25, 0.3) is 5.89 Å². The number of halogens is 3. The molecule has 1 saturated heterocycles. The van der Waals surface area contributed by atoms with Crippen LogP contribution in [0.4, 0.5) is 24.7 Å². The number of aryl methyl sites for hydroxylation is 1. The normalized spacial score (nSPS) is 21.4. The van der Waals surface area contributed by atoms with Crippen LogP contribution in [0.1, 0.15) is 30.7 Å². The number of aromatic nitrogens is 5. The molecule has 1 atom stereocenters. The minimum absolute atomic E-state index is 0.0986. The second kappa shape index (κ2) is 6.79. The van der Waals surface area contributed by atoms with E-state index < -0.39 is 17.2 Å². The number of pyridine rings is 1. The van der Waals surface area contributed by atoms with Gasteiger partial charge in [-0.25, -0.2) is 4.98 Å². The second-order valence-corrected chi connectivity index (χ2v) is 7.78. The van der Waals surface area contributed by atoms with Crippen LogP contribution >= 0.6 is 0 Å². The van der Waals surface area contributed by atoms with Gasteiger partial charge < -0.3 is 15.1 Å². The molecule has 0 unspecified atom stereocenters. The van der Waals surface area contributed by atoms with Crippen LogP contribution < -0.4 is 10.6 Å². The van der Waals surface area contributed by atoms with E-state index in [1.54, 1.807) is 13.2 Å². The van der Waals surface area contributed by atoms with Crippen molar-refractivity contribution >= 4 is 17.4 Å². The zero-order valence-corrected chi connectivity index (χ0v) is 16.4. The molecular weight excluding hydrogens is 415 g/mol. The van der Waals surface area contributed by atoms with Gasteiger partial charge in [-0.05, 0) is 37.3 Å². The van der Waals surface area contributed by atoms with Crippen molar-refractivity contribution < 1.29 is 22.4 Å². The monoisotopic (exact) mass is 433 g/mol. The molecular formula is C19H18F3N7O2. The SMILES string of the molecule is Cn1cc(Nc2ccc(C(F)(F)F)cn2)c(-c2nnc([C@]3(C4CC4)CCNC3=O)o2)n1. The molecule has 0 radical (unpaired) electrons. The summed E-state index contributed by atoms with van der Waals surface area (Å²) in [6, 6.07) is 2.16. The average Bonchev–Trinajstić information content (AvgIpc) is 3.14. The van der Waals surface area contributed by atoms with Gasteiger partial charge in [-0.1, -0.05) is 0 Å². The zero-order valence-electron chi connectivity index (χ0n) is 16.4. The third-order valence-corrected chi connectivity index (χ3v) is 5.68. The number of hydrogen-bond acceptors (Lipinski definition) is 7. The van der Waals surface area contributed by atoms with Crippen molar-refractivity contribution in [3.63, 3.8) is 0 Å². The summed E-state index contributed by atoms with van der Waals surface area (Å²) in [5.74, 6) is 0.667. The molecule has 9 nitrogen and oxygen atoms in total. The van der Waals surface area contributed by atoms with Gasteiger partial charge in [0.1, 0.15) is 11.2 Å². The fraction of sp³-hybridized carbons (Fsp3) is 0.421. The van der Waals surface area contributed by atoms with Gasteiger partial charge in [0.05, 0.1) is 11.3 Å². The van der Waals surface area contributed by atoms with E-state index in [4.69, 9.17) is 4.42 Å². The van der Waals surface area contributed by atoms with Crippen molar-refractivity contribution in [2.24, 2.45) is 13.0 Å². The summed E-state index contributed by atoms with van der Waals surface area (Å²) < 4.78 is 45.7. The highest BCUT2D eigenvalue weighted by atomic mass is 19.4. The minimum Gasteiger partial charge on any atom is -0.418 e. The summed E-state index contributed by atoms with van der Waals surface area (Å²) in [4.78, 5) is 16.4. The van der Waals surface area contributed by atoms with Crippen molar-refractivity contribution in [3.05, 3.63) is 36.0 Å². The molecule has 162 valence electrons. The quantitative estimate of drug-likeness (QED) is 0.637. The molecule has 5 rings (SSSR count). The first kappa shape index (κ1) is 19.5. The third-order valence-electron chi connectivity index (χ3n) is 5.68. The Bertz CT molecular complexity index is 1130. The summed E-state index contributed by atoms with van der Waals surface area (Å²) in [7, 11) is 1.68. The zero-order chi connectivity index (χ0) is 21.8. The number of carbonyl (C=O) groups is 1. The van der Waals surface area contributed by atoms with Gasteiger partial charge in [-0.2, -0.15) is 18.3 Å². The lowest BCUT2D eigenvalue weighted by atomic mass is 9.81. The number of amides is 1. The Morgan fingerprint density at radius 1 is 1.29 bits per heavy atom. The van der Waals surface area contributed by atoms with E-state index in [-0.39, 0.29) is 29.4 Å². The molecule has 1 aliphatic carbocycles. The predicted octanol–water partition coefficient (Wildman–Crippen LogP) is 2.80. The molecule has 12 heteroatoms. The van der Waals surface area contributed by atoms with Crippen LogP contribution in [0.5, 0.6) is 0 Å². The van der Waals surface area contributed by atoms with Crippen molar-refractivity contribution in [2.75, 3.05) is 11.9 Å². The molecule has 3 aromatic rings. The van der Waals surface area contributed by atoms with Crippen LogP contribution in [0.15, 0.2) is 28.9 Å². The van der Waals surface area contributed by atoms with Crippen LogP contribution in [-0.2, 0) is 23.4 Å². The van der Waals surface area contributed by atoms with Crippen molar-refractivity contribution in [1.82, 2.24) is 30.3 Å². The fourth-order valence-corrected chi connectivity index (χ4v) is 4.00. The molecule has 2 fully saturated rings. The van der Waals surface area contributed by atoms with E-state index in [0.717, 1.165) is 25.1 Å². The number of nitrogens with zero attached hydrogens (tertiary/aromatic N) is 5. The molecule has 0 spiro atoms. The van der Waals surface area contributed by atoms with Crippen molar-refractivity contribution in [1.29, 1.82) is 0 Å². The molecule has 2 aliphatic rings. The van der Waals surface area contributed by atoms with Crippen LogP contribution in [0.25, 0.3) is 11.6 Å². The second-order valence-electron chi connectivity index (χ2n) is 7.78. The standard InChI is InChI=1S/C19H18F3N7O2/c1-29-9-12(25-13-5-4-11(8-24-13)19(20,21)22)14(28-29)15-26-27-17(31-15)18(10-2-3-10)6-7-23-16(18)30/h4-5,8-10H,2-3,6-7H2,1H3,(H,23,30)(H,24,25)/t18-/m0/s1. The first-order valence-corrected chi connectivity index (χ1v) is 9.74. The molecule has 0 bridgehead atoms. The van der Waals surface area contributed by atoms with E-state index in [1.807, 2.05) is 0 Å². The Kier molecular flexibility index (Phi) is 4.27. The maximum Gasteiger partial charge on any atom is 0.417 e. The van der Waals surface area contributed by atoms with E-state index >= 15 is 0 Å². The summed E-state index contributed by atoms with van der Waals surface area (Å²) in [5.41, 5.74) is -0.900. The van der Waals surface area contributed by atoms with Gasteiger partial charge in [0.2, 0.25) is 11.8 Å². The van der Waals surface area contributed by atoms with E-state index in [0.29, 0.717) is 24.3 Å². The number of hydrogen-bond donors (Lipinski definition) is 2. The molecule has 1 amide bonds. The molecule has 3 aromatic heterocycles. The lowest BCUT2D eigenvalue weighted by Gasteiger charge is -2.20. The molecule has 4 heterocycles. The third kappa shape index (κ3) is 3.31. The van der Waals surface area contributed by atoms with Crippen molar-refractivity contribution in [2.45, 2.75) is 30.9 Å². The Hall–Kier alpha value is -3.44. The maximum absolute atomic E-state index is 12.8. The van der Waals surface area contributed by atoms with Gasteiger partial charge >= 0.3 is 6.18 Å². The Labute approximate surface area is 174 Å². The van der Waals surface area contributed by atoms with Gasteiger partial charge in [-0.15, -0.1) is 10.2 Å². The fourth-order valence-electron chi connectivity index (χ4n) is 4.00. The smallest absolute Gasteiger partial charge is 0.417 e. The number of alkyl halides is 3. The van der Waals surface area contributed by atoms with E-state index in [2.05, 4.69) is 30.9 Å². The predicted molar refractivity (Wildman–Crippen MR) is 101 cm³/mol. The summed E-state index contributed by atoms with van der Waals surface area (Å²) in [6.45, 7) is 0.559. The molecule has 1 aliphatic heterocycles. The Balaban J connectivity index is 1.45. The van der Waals surface area contributed by atoms with Gasteiger partial charge in [0, 0.05) is 26.0 Å². The van der Waals surface area contributed by atoms with Crippen LogP contribution in [-0.4, -0.2) is 37.4 Å². The van der Waals surface area contributed by atoms with Crippen LogP contribution in [0.3, 0.4) is 0 Å². The van der Waals surface area contributed by atoms with Gasteiger partial charge in [-0.3, -0.25) is 9.48 Å². The summed E-state index contributed by atoms with van der Waals surface area (Å²) >= 11 is 0. The highest BCUT2D eigenvalue weighted by molar-refractivity contribution is 5.90. The number of rotatable bonds is 5. The molecule has 31 heavy (non-hydrogen) atoms. The largest absolute Gasteiger partial charge is 0.418 e. The summed E-state index contributed by atoms with van der Waals surface area (Å²) in [5, 5.41) is 18.4. The number of nitrogens with one attached hydrogen (secondary N) is 2. The first-order chi connectivity index (χ1) is 14.8. The Morgan fingerprint density at radius 3 is 2.71 bits per heavy atom. The molecule has 1 saturated carbocycles. The highest BCUT2D eigenvalue weighted by Crippen LogP contribution is 2.51. The maximum atomic E-state index is 12.8. The Morgan fingerprint density at radius 2 is 2.10 bits per heavy atom. The average molecular weight is 433 g/mol. The van der Waals surface area contributed by atoms with Crippen molar-refractivity contribution in [3.8, 4) is 11.6 Å². The van der Waals surface area contributed by atoms with Gasteiger partial charge in [0.15, 0.2) is 5.69 Å². The molecule has 2 N–H and O–H groups in total. The number of carbonyl (C=O) groups excluding carboxylic acids is 1. The molecule has 0 aromatic carbocycles. The van der Waals surface area contributed by atoms with E-state index in [9.17, 15) is 18.0 Å². The first-order valence-electron chi connectivity index (χ1n) is 9.74. The lowest BCUT2D eigenvalue weighted by Crippen LogP contribution is -2.38. The van der Waals surface area contributed by atoms with E-state index in [1.165, 1.54) is 10.7 Å². The summed E-state index contributed by atoms with van der Waals surface area (Å²) in [6.07, 6.45) is 0.372. The minimum atomic E-state index is -4.46. The lowest BCUT2D eigenvalue weighted by molar-refractivity contribution is -0.137.